The molecule has 2 aromatic carbocycles. The minimum atomic E-state index is -3.84. The van der Waals surface area contributed by atoms with E-state index in [1.54, 1.807) is 37.3 Å². The van der Waals surface area contributed by atoms with Gasteiger partial charge in [-0.05, 0) is 43.7 Å². The maximum atomic E-state index is 12.4. The number of aryl methyl sites for hydroxylation is 1. The molecule has 0 aromatic heterocycles. The van der Waals surface area contributed by atoms with Crippen molar-refractivity contribution < 1.29 is 17.9 Å². The molecule has 0 amide bonds. The zero-order valence-corrected chi connectivity index (χ0v) is 15.2. The highest BCUT2D eigenvalue weighted by molar-refractivity contribution is 7.89. The number of carbonyl (C=O) groups excluding carboxylic acids is 1. The molecular weight excluding hydrogens is 352 g/mol. The Morgan fingerprint density at radius 3 is 2.54 bits per heavy atom. The van der Waals surface area contributed by atoms with Gasteiger partial charge >= 0.3 is 5.97 Å². The number of nitrogens with zero attached hydrogens (tertiary/aromatic N) is 1. The van der Waals surface area contributed by atoms with Crippen LogP contribution in [0, 0.1) is 18.3 Å². The number of carbonyl (C=O) groups is 1. The van der Waals surface area contributed by atoms with Crippen molar-refractivity contribution >= 4 is 21.6 Å². The molecular formula is C19H18N2O4S. The molecule has 0 heterocycles. The van der Waals surface area contributed by atoms with Crippen LogP contribution in [0.15, 0.2) is 59.6 Å². The van der Waals surface area contributed by atoms with Crippen molar-refractivity contribution in [2.24, 2.45) is 0 Å². The standard InChI is InChI=1S/C19H18N2O4S/c1-3-25-19(22)18(16-6-4-5-15(11-16)12-20)13-21-26(23,24)17-9-7-14(2)8-10-17/h4-11,13,21H,3H2,1-2H3/b18-13+. The van der Waals surface area contributed by atoms with Gasteiger partial charge in [-0.25, -0.2) is 13.2 Å². The normalized spacial score (nSPS) is 11.5. The first-order chi connectivity index (χ1) is 12.4. The molecule has 0 radical (unpaired) electrons. The van der Waals surface area contributed by atoms with Crippen LogP contribution in [0.1, 0.15) is 23.6 Å². The highest BCUT2D eigenvalue weighted by Crippen LogP contribution is 2.18. The van der Waals surface area contributed by atoms with Gasteiger partial charge in [0, 0.05) is 6.20 Å². The molecule has 2 rings (SSSR count). The lowest BCUT2D eigenvalue weighted by Crippen LogP contribution is -2.20. The first-order valence-corrected chi connectivity index (χ1v) is 9.32. The molecule has 0 atom stereocenters. The fourth-order valence-corrected chi connectivity index (χ4v) is 3.05. The Labute approximate surface area is 152 Å². The number of ether oxygens (including phenoxy) is 1. The van der Waals surface area contributed by atoms with Crippen LogP contribution < -0.4 is 4.72 Å². The first kappa shape index (κ1) is 19.2. The van der Waals surface area contributed by atoms with E-state index in [1.807, 2.05) is 13.0 Å². The van der Waals surface area contributed by atoms with Crippen LogP contribution in [0.3, 0.4) is 0 Å². The Hall–Kier alpha value is -3.11. The van der Waals surface area contributed by atoms with Gasteiger partial charge in [0.1, 0.15) is 0 Å². The van der Waals surface area contributed by atoms with Crippen molar-refractivity contribution in [2.45, 2.75) is 18.7 Å². The monoisotopic (exact) mass is 370 g/mol. The summed E-state index contributed by atoms with van der Waals surface area (Å²) >= 11 is 0. The minimum absolute atomic E-state index is 0.0136. The number of benzene rings is 2. The van der Waals surface area contributed by atoms with Crippen LogP contribution in [0.5, 0.6) is 0 Å². The summed E-state index contributed by atoms with van der Waals surface area (Å²) in [6.45, 7) is 3.64. The molecule has 0 saturated carbocycles. The molecule has 6 nitrogen and oxygen atoms in total. The van der Waals surface area contributed by atoms with E-state index in [2.05, 4.69) is 4.72 Å². The van der Waals surface area contributed by atoms with E-state index in [-0.39, 0.29) is 17.1 Å². The fourth-order valence-electron chi connectivity index (χ4n) is 2.15. The molecule has 0 aliphatic carbocycles. The summed E-state index contributed by atoms with van der Waals surface area (Å²) in [5, 5.41) is 9.02. The lowest BCUT2D eigenvalue weighted by molar-refractivity contribution is -0.136. The Bertz CT molecular complexity index is 971. The van der Waals surface area contributed by atoms with Crippen molar-refractivity contribution in [2.75, 3.05) is 6.61 Å². The molecule has 1 N–H and O–H groups in total. The second-order valence-corrected chi connectivity index (χ2v) is 7.12. The smallest absolute Gasteiger partial charge is 0.340 e. The predicted octanol–water partition coefficient (Wildman–Crippen LogP) is 2.75. The van der Waals surface area contributed by atoms with Crippen molar-refractivity contribution in [3.8, 4) is 6.07 Å². The highest BCUT2D eigenvalue weighted by Gasteiger charge is 2.17. The average molecular weight is 370 g/mol. The first-order valence-electron chi connectivity index (χ1n) is 7.84. The molecule has 134 valence electrons. The fraction of sp³-hybridized carbons (Fsp3) is 0.158. The van der Waals surface area contributed by atoms with Crippen LogP contribution in [0.25, 0.3) is 5.57 Å². The predicted molar refractivity (Wildman–Crippen MR) is 97.3 cm³/mol. The van der Waals surface area contributed by atoms with Gasteiger partial charge < -0.3 is 4.74 Å². The van der Waals surface area contributed by atoms with Crippen molar-refractivity contribution in [3.05, 3.63) is 71.4 Å². The van der Waals surface area contributed by atoms with E-state index < -0.39 is 16.0 Å². The van der Waals surface area contributed by atoms with Crippen LogP contribution >= 0.6 is 0 Å². The molecule has 0 saturated heterocycles. The maximum absolute atomic E-state index is 12.4. The summed E-state index contributed by atoms with van der Waals surface area (Å²) in [6, 6.07) is 14.6. The number of nitrogens with one attached hydrogen (secondary N) is 1. The lowest BCUT2D eigenvalue weighted by Gasteiger charge is -2.10. The summed E-state index contributed by atoms with van der Waals surface area (Å²) in [7, 11) is -3.84. The number of sulfonamides is 1. The number of esters is 1. The molecule has 26 heavy (non-hydrogen) atoms. The SMILES string of the molecule is CCOC(=O)/C(=C/NS(=O)(=O)c1ccc(C)cc1)c1cccc(C#N)c1. The third kappa shape index (κ3) is 4.71. The Morgan fingerprint density at radius 2 is 1.92 bits per heavy atom. The molecule has 7 heteroatoms. The maximum Gasteiger partial charge on any atom is 0.340 e. The van der Waals surface area contributed by atoms with Crippen molar-refractivity contribution in [3.63, 3.8) is 0 Å². The van der Waals surface area contributed by atoms with Gasteiger partial charge in [-0.2, -0.15) is 5.26 Å². The van der Waals surface area contributed by atoms with Gasteiger partial charge in [0.05, 0.1) is 28.7 Å². The van der Waals surface area contributed by atoms with Gasteiger partial charge in [0.2, 0.25) is 0 Å². The van der Waals surface area contributed by atoms with E-state index in [0.717, 1.165) is 11.8 Å². The summed E-state index contributed by atoms with van der Waals surface area (Å²) in [4.78, 5) is 12.3. The minimum Gasteiger partial charge on any atom is -0.462 e. The molecule has 2 aromatic rings. The Morgan fingerprint density at radius 1 is 1.23 bits per heavy atom. The molecule has 0 aliphatic rings. The highest BCUT2D eigenvalue weighted by atomic mass is 32.2. The van der Waals surface area contributed by atoms with E-state index in [0.29, 0.717) is 11.1 Å². The van der Waals surface area contributed by atoms with Gasteiger partial charge in [-0.15, -0.1) is 0 Å². The van der Waals surface area contributed by atoms with Crippen LogP contribution in [0.2, 0.25) is 0 Å². The summed E-state index contributed by atoms with van der Waals surface area (Å²) < 4.78 is 32.1. The van der Waals surface area contributed by atoms with Crippen molar-refractivity contribution in [1.82, 2.24) is 4.72 Å². The number of nitriles is 1. The van der Waals surface area contributed by atoms with E-state index in [9.17, 15) is 13.2 Å². The van der Waals surface area contributed by atoms with Gasteiger partial charge in [0.15, 0.2) is 0 Å². The number of rotatable bonds is 6. The molecule has 0 spiro atoms. The van der Waals surface area contributed by atoms with Crippen LogP contribution in [-0.4, -0.2) is 21.0 Å². The summed E-state index contributed by atoms with van der Waals surface area (Å²) in [6.07, 6.45) is 1.09. The zero-order chi connectivity index (χ0) is 19.2. The third-order valence-corrected chi connectivity index (χ3v) is 4.81. The summed E-state index contributed by atoms with van der Waals surface area (Å²) in [5.41, 5.74) is 1.67. The van der Waals surface area contributed by atoms with Gasteiger partial charge in [-0.1, -0.05) is 29.8 Å². The molecule has 0 unspecified atom stereocenters. The zero-order valence-electron chi connectivity index (χ0n) is 14.4. The topological polar surface area (TPSA) is 96.3 Å². The Balaban J connectivity index is 2.40. The number of hydrogen-bond acceptors (Lipinski definition) is 5. The molecule has 0 fully saturated rings. The van der Waals surface area contributed by atoms with E-state index in [1.165, 1.54) is 18.2 Å². The average Bonchev–Trinajstić information content (AvgIpc) is 2.62. The van der Waals surface area contributed by atoms with Gasteiger partial charge in [-0.3, -0.25) is 4.72 Å². The van der Waals surface area contributed by atoms with E-state index in [4.69, 9.17) is 10.00 Å². The van der Waals surface area contributed by atoms with Crippen LogP contribution in [-0.2, 0) is 19.6 Å². The second kappa shape index (κ2) is 8.32. The lowest BCUT2D eigenvalue weighted by atomic mass is 10.0. The second-order valence-electron chi connectivity index (χ2n) is 5.41. The number of hydrogen-bond donors (Lipinski definition) is 1. The Kier molecular flexibility index (Phi) is 6.15. The third-order valence-electron chi connectivity index (χ3n) is 3.49. The molecule has 0 aliphatic heterocycles. The quantitative estimate of drug-likeness (QED) is 0.623. The van der Waals surface area contributed by atoms with Gasteiger partial charge in [0.25, 0.3) is 10.0 Å². The molecule has 0 bridgehead atoms. The largest absolute Gasteiger partial charge is 0.462 e. The van der Waals surface area contributed by atoms with Crippen molar-refractivity contribution in [1.29, 1.82) is 5.26 Å². The van der Waals surface area contributed by atoms with E-state index >= 15 is 0 Å². The summed E-state index contributed by atoms with van der Waals surface area (Å²) in [5.74, 6) is -0.686. The van der Waals surface area contributed by atoms with Crippen LogP contribution in [0.4, 0.5) is 0 Å².